The van der Waals surface area contributed by atoms with E-state index in [0.717, 1.165) is 22.1 Å². The molecule has 3 rings (SSSR count). The van der Waals surface area contributed by atoms with E-state index in [0.29, 0.717) is 29.1 Å². The van der Waals surface area contributed by atoms with Crippen LogP contribution in [0.5, 0.6) is 5.75 Å². The summed E-state index contributed by atoms with van der Waals surface area (Å²) in [5.74, 6) is 0.190. The first kappa shape index (κ1) is 19.5. The van der Waals surface area contributed by atoms with Gasteiger partial charge < -0.3 is 19.4 Å². The molecule has 0 fully saturated rings. The third-order valence-electron chi connectivity index (χ3n) is 4.92. The number of amides is 1. The van der Waals surface area contributed by atoms with Crippen molar-refractivity contribution in [1.29, 1.82) is 0 Å². The Kier molecular flexibility index (Phi) is 5.40. The van der Waals surface area contributed by atoms with Crippen molar-refractivity contribution in [2.75, 3.05) is 21.3 Å². The van der Waals surface area contributed by atoms with E-state index in [9.17, 15) is 9.59 Å². The van der Waals surface area contributed by atoms with Gasteiger partial charge in [-0.15, -0.1) is 0 Å². The lowest BCUT2D eigenvalue weighted by atomic mass is 10.1. The molecule has 0 aliphatic rings. The van der Waals surface area contributed by atoms with Crippen molar-refractivity contribution in [3.05, 3.63) is 64.5 Å². The fourth-order valence-corrected chi connectivity index (χ4v) is 3.41. The predicted molar refractivity (Wildman–Crippen MR) is 108 cm³/mol. The number of ether oxygens (including phenoxy) is 2. The predicted octanol–water partition coefficient (Wildman–Crippen LogP) is 3.85. The number of nitrogens with zero attached hydrogens (tertiary/aromatic N) is 1. The molecule has 1 amide bonds. The highest BCUT2D eigenvalue weighted by molar-refractivity contribution is 6.00. The SMILES string of the molecule is COC(=O)c1c(C)[nH]c(C(=O)N(C)Cc2ccc3cc(OC)ccc3c2)c1C. The van der Waals surface area contributed by atoms with E-state index in [4.69, 9.17) is 9.47 Å². The van der Waals surface area contributed by atoms with Gasteiger partial charge in [-0.25, -0.2) is 4.79 Å². The zero-order valence-electron chi connectivity index (χ0n) is 16.8. The summed E-state index contributed by atoms with van der Waals surface area (Å²) in [5.41, 5.74) is 3.07. The van der Waals surface area contributed by atoms with Gasteiger partial charge in [0.25, 0.3) is 5.91 Å². The molecule has 6 heteroatoms. The Bertz CT molecular complexity index is 1050. The van der Waals surface area contributed by atoms with Gasteiger partial charge in [0, 0.05) is 19.3 Å². The average Bonchev–Trinajstić information content (AvgIpc) is 3.00. The molecule has 0 unspecified atom stereocenters. The van der Waals surface area contributed by atoms with E-state index in [2.05, 4.69) is 11.1 Å². The first-order valence-corrected chi connectivity index (χ1v) is 8.95. The number of aromatic nitrogens is 1. The van der Waals surface area contributed by atoms with Crippen molar-refractivity contribution in [2.24, 2.45) is 0 Å². The Hall–Kier alpha value is -3.28. The van der Waals surface area contributed by atoms with Gasteiger partial charge in [0.1, 0.15) is 11.4 Å². The number of rotatable bonds is 5. The lowest BCUT2D eigenvalue weighted by Crippen LogP contribution is -2.27. The van der Waals surface area contributed by atoms with Crippen LogP contribution in [0, 0.1) is 13.8 Å². The smallest absolute Gasteiger partial charge is 0.339 e. The van der Waals surface area contributed by atoms with Crippen LogP contribution in [0.25, 0.3) is 10.8 Å². The number of methoxy groups -OCH3 is 2. The number of hydrogen-bond acceptors (Lipinski definition) is 4. The zero-order valence-corrected chi connectivity index (χ0v) is 16.8. The van der Waals surface area contributed by atoms with Crippen LogP contribution >= 0.6 is 0 Å². The Morgan fingerprint density at radius 1 is 1.04 bits per heavy atom. The Morgan fingerprint density at radius 2 is 1.71 bits per heavy atom. The molecule has 1 heterocycles. The molecule has 0 aliphatic carbocycles. The van der Waals surface area contributed by atoms with Crippen LogP contribution in [0.1, 0.15) is 37.7 Å². The highest BCUT2D eigenvalue weighted by Crippen LogP contribution is 2.24. The molecule has 0 spiro atoms. The third-order valence-corrected chi connectivity index (χ3v) is 4.92. The molecule has 28 heavy (non-hydrogen) atoms. The van der Waals surface area contributed by atoms with Crippen LogP contribution in [-0.4, -0.2) is 43.0 Å². The number of hydrogen-bond donors (Lipinski definition) is 1. The second-order valence-corrected chi connectivity index (χ2v) is 6.83. The number of carbonyl (C=O) groups excluding carboxylic acids is 2. The molecular weight excluding hydrogens is 356 g/mol. The van der Waals surface area contributed by atoms with Crippen molar-refractivity contribution in [3.63, 3.8) is 0 Å². The zero-order chi connectivity index (χ0) is 20.4. The van der Waals surface area contributed by atoms with Crippen LogP contribution in [0.3, 0.4) is 0 Å². The molecule has 0 radical (unpaired) electrons. The maximum atomic E-state index is 12.9. The number of aromatic amines is 1. The summed E-state index contributed by atoms with van der Waals surface area (Å²) in [6, 6.07) is 12.0. The molecule has 6 nitrogen and oxygen atoms in total. The molecule has 0 atom stereocenters. The summed E-state index contributed by atoms with van der Waals surface area (Å²) in [6.07, 6.45) is 0. The quantitative estimate of drug-likeness (QED) is 0.683. The molecule has 0 saturated carbocycles. The van der Waals surface area contributed by atoms with E-state index < -0.39 is 5.97 Å². The number of carbonyl (C=O) groups is 2. The van der Waals surface area contributed by atoms with Crippen LogP contribution in [0.2, 0.25) is 0 Å². The first-order valence-electron chi connectivity index (χ1n) is 8.95. The van der Waals surface area contributed by atoms with Gasteiger partial charge in [0.05, 0.1) is 19.8 Å². The van der Waals surface area contributed by atoms with Gasteiger partial charge in [-0.05, 0) is 53.9 Å². The first-order chi connectivity index (χ1) is 13.3. The molecular formula is C22H24N2O4. The molecule has 0 bridgehead atoms. The van der Waals surface area contributed by atoms with Crippen molar-refractivity contribution >= 4 is 22.6 Å². The summed E-state index contributed by atoms with van der Waals surface area (Å²) in [5, 5.41) is 2.16. The van der Waals surface area contributed by atoms with E-state index >= 15 is 0 Å². The summed E-state index contributed by atoms with van der Waals surface area (Å²) in [6.45, 7) is 3.96. The molecule has 1 N–H and O–H groups in total. The van der Waals surface area contributed by atoms with E-state index in [1.165, 1.54) is 7.11 Å². The summed E-state index contributed by atoms with van der Waals surface area (Å²) in [4.78, 5) is 29.5. The molecule has 2 aromatic carbocycles. The fourth-order valence-electron chi connectivity index (χ4n) is 3.41. The summed E-state index contributed by atoms with van der Waals surface area (Å²) in [7, 11) is 4.72. The third kappa shape index (κ3) is 3.58. The maximum absolute atomic E-state index is 12.9. The number of fused-ring (bicyclic) bond motifs is 1. The molecule has 1 aromatic heterocycles. The van der Waals surface area contributed by atoms with Crippen molar-refractivity contribution in [2.45, 2.75) is 20.4 Å². The lowest BCUT2D eigenvalue weighted by molar-refractivity contribution is 0.0599. The number of nitrogens with one attached hydrogen (secondary N) is 1. The van der Waals surface area contributed by atoms with Gasteiger partial charge in [0.2, 0.25) is 0 Å². The van der Waals surface area contributed by atoms with E-state index in [1.54, 1.807) is 32.9 Å². The fraction of sp³-hybridized carbons (Fsp3) is 0.273. The minimum atomic E-state index is -0.446. The molecule has 3 aromatic rings. The Balaban J connectivity index is 1.83. The molecule has 0 aliphatic heterocycles. The van der Waals surface area contributed by atoms with Gasteiger partial charge in [-0.3, -0.25) is 4.79 Å². The number of benzene rings is 2. The Labute approximate surface area is 164 Å². The maximum Gasteiger partial charge on any atom is 0.339 e. The molecule has 0 saturated heterocycles. The highest BCUT2D eigenvalue weighted by Gasteiger charge is 2.24. The topological polar surface area (TPSA) is 71.6 Å². The van der Waals surface area contributed by atoms with Gasteiger partial charge in [0.15, 0.2) is 0 Å². The monoisotopic (exact) mass is 380 g/mol. The van der Waals surface area contributed by atoms with Crippen molar-refractivity contribution < 1.29 is 19.1 Å². The largest absolute Gasteiger partial charge is 0.497 e. The van der Waals surface area contributed by atoms with Gasteiger partial charge >= 0.3 is 5.97 Å². The lowest BCUT2D eigenvalue weighted by Gasteiger charge is -2.17. The van der Waals surface area contributed by atoms with Crippen LogP contribution in [0.4, 0.5) is 0 Å². The molecule has 146 valence electrons. The summed E-state index contributed by atoms with van der Waals surface area (Å²) >= 11 is 0. The van der Waals surface area contributed by atoms with Crippen LogP contribution in [-0.2, 0) is 11.3 Å². The number of esters is 1. The van der Waals surface area contributed by atoms with Crippen molar-refractivity contribution in [3.8, 4) is 5.75 Å². The van der Waals surface area contributed by atoms with Crippen LogP contribution < -0.4 is 4.74 Å². The Morgan fingerprint density at radius 3 is 2.39 bits per heavy atom. The standard InChI is InChI=1S/C22H24N2O4/c1-13-19(22(26)28-5)14(2)23-20(13)21(25)24(3)12-15-6-7-17-11-18(27-4)9-8-16(17)10-15/h6-11,23H,12H2,1-5H3. The average molecular weight is 380 g/mol. The van der Waals surface area contributed by atoms with Gasteiger partial charge in [-0.1, -0.05) is 18.2 Å². The van der Waals surface area contributed by atoms with Crippen LogP contribution in [0.15, 0.2) is 36.4 Å². The summed E-state index contributed by atoms with van der Waals surface area (Å²) < 4.78 is 10.1. The van der Waals surface area contributed by atoms with Crippen molar-refractivity contribution in [1.82, 2.24) is 9.88 Å². The van der Waals surface area contributed by atoms with E-state index in [1.807, 2.05) is 30.3 Å². The van der Waals surface area contributed by atoms with E-state index in [-0.39, 0.29) is 5.91 Å². The second-order valence-electron chi connectivity index (χ2n) is 6.83. The normalized spacial score (nSPS) is 10.8. The number of H-pyrrole nitrogens is 1. The number of aryl methyl sites for hydroxylation is 1. The minimum Gasteiger partial charge on any atom is -0.497 e. The second kappa shape index (κ2) is 7.76. The van der Waals surface area contributed by atoms with Gasteiger partial charge in [-0.2, -0.15) is 0 Å². The highest BCUT2D eigenvalue weighted by atomic mass is 16.5. The minimum absolute atomic E-state index is 0.175.